The predicted octanol–water partition coefficient (Wildman–Crippen LogP) is 5.86. The van der Waals surface area contributed by atoms with Crippen molar-refractivity contribution in [2.75, 3.05) is 25.1 Å². The molecule has 0 atom stereocenters. The summed E-state index contributed by atoms with van der Waals surface area (Å²) in [7, 11) is -7.21. The summed E-state index contributed by atoms with van der Waals surface area (Å²) in [5, 5.41) is 0. The lowest BCUT2D eigenvalue weighted by Crippen LogP contribution is -2.34. The number of halogens is 3. The van der Waals surface area contributed by atoms with E-state index in [0.717, 1.165) is 0 Å². The third-order valence-electron chi connectivity index (χ3n) is 3.38. The minimum absolute atomic E-state index is 0.0154. The van der Waals surface area contributed by atoms with Crippen LogP contribution < -0.4 is 0 Å². The van der Waals surface area contributed by atoms with Crippen LogP contribution in [0.3, 0.4) is 0 Å². The number of rotatable bonds is 7. The molecule has 0 saturated heterocycles. The first-order chi connectivity index (χ1) is 9.89. The highest BCUT2D eigenvalue weighted by Gasteiger charge is 2.66. The van der Waals surface area contributed by atoms with Gasteiger partial charge in [-0.1, -0.05) is 39.0 Å². The fourth-order valence-electron chi connectivity index (χ4n) is 2.26. The zero-order valence-corrected chi connectivity index (χ0v) is 14.8. The molecule has 0 saturated carbocycles. The molecule has 1 aromatic carbocycles. The second-order valence-corrected chi connectivity index (χ2v) is 10.5. The Morgan fingerprint density at radius 2 is 1.36 bits per heavy atom. The molecule has 0 N–H and O–H groups in total. The standard InChI is InChI=1S/C16H27F3O2S/c1-6-20-12-22(17,18,19,13-21-7-2)15-11-9-8-10-14(15)16(3,4)5/h8-11H,6-7,12-13H2,1-5H3. The number of benzene rings is 1. The summed E-state index contributed by atoms with van der Waals surface area (Å²) in [5.41, 5.74) is -0.338. The molecular formula is C16H27F3O2S. The molecule has 0 aromatic heterocycles. The van der Waals surface area contributed by atoms with Gasteiger partial charge in [-0.3, -0.25) is 0 Å². The monoisotopic (exact) mass is 340 g/mol. The molecule has 0 unspecified atom stereocenters. The van der Waals surface area contributed by atoms with Crippen LogP contribution in [0.15, 0.2) is 29.2 Å². The second-order valence-electron chi connectivity index (χ2n) is 6.52. The van der Waals surface area contributed by atoms with E-state index in [-0.39, 0.29) is 18.8 Å². The average Bonchev–Trinajstić information content (AvgIpc) is 2.43. The number of ether oxygens (including phenoxy) is 2. The Balaban J connectivity index is 3.60. The van der Waals surface area contributed by atoms with Crippen molar-refractivity contribution < 1.29 is 21.1 Å². The van der Waals surface area contributed by atoms with Crippen LogP contribution >= 0.6 is 9.45 Å². The fraction of sp³-hybridized carbons (Fsp3) is 0.625. The Kier molecular flexibility index (Phi) is 5.03. The van der Waals surface area contributed by atoms with Gasteiger partial charge in [0.25, 0.3) is 0 Å². The van der Waals surface area contributed by atoms with Gasteiger partial charge in [-0.05, 0) is 30.9 Å². The molecule has 0 aliphatic carbocycles. The van der Waals surface area contributed by atoms with Crippen molar-refractivity contribution in [3.63, 3.8) is 0 Å². The largest absolute Gasteiger partial charge is 0.367 e. The molecule has 22 heavy (non-hydrogen) atoms. The van der Waals surface area contributed by atoms with Crippen molar-refractivity contribution in [2.24, 2.45) is 0 Å². The molecule has 1 rings (SSSR count). The normalized spacial score (nSPS) is 16.2. The van der Waals surface area contributed by atoms with Crippen LogP contribution in [0.2, 0.25) is 0 Å². The maximum absolute atomic E-state index is 15.6. The Morgan fingerprint density at radius 3 is 1.77 bits per heavy atom. The van der Waals surface area contributed by atoms with Crippen LogP contribution in [0.4, 0.5) is 11.7 Å². The first-order valence-corrected chi connectivity index (χ1v) is 9.88. The van der Waals surface area contributed by atoms with E-state index in [1.165, 1.54) is 12.1 Å². The van der Waals surface area contributed by atoms with Gasteiger partial charge in [-0.2, -0.15) is 0 Å². The summed E-state index contributed by atoms with van der Waals surface area (Å²) in [6.45, 7) is 8.51. The first kappa shape index (κ1) is 19.3. The third-order valence-corrected chi connectivity index (χ3v) is 6.30. The molecule has 1 aromatic rings. The maximum atomic E-state index is 15.6. The van der Waals surface area contributed by atoms with E-state index in [1.807, 2.05) is 0 Å². The lowest BCUT2D eigenvalue weighted by Gasteiger charge is -2.58. The molecule has 0 amide bonds. The minimum atomic E-state index is -7.21. The quantitative estimate of drug-likeness (QED) is 0.619. The molecule has 0 radical (unpaired) electrons. The molecule has 6 heteroatoms. The van der Waals surface area contributed by atoms with Crippen molar-refractivity contribution >= 4 is 9.45 Å². The summed E-state index contributed by atoms with van der Waals surface area (Å²) < 4.78 is 56.5. The van der Waals surface area contributed by atoms with E-state index in [4.69, 9.17) is 9.47 Å². The zero-order chi connectivity index (χ0) is 17.1. The van der Waals surface area contributed by atoms with E-state index in [2.05, 4.69) is 0 Å². The van der Waals surface area contributed by atoms with Crippen LogP contribution in [0.25, 0.3) is 0 Å². The van der Waals surface area contributed by atoms with Crippen molar-refractivity contribution in [2.45, 2.75) is 44.9 Å². The van der Waals surface area contributed by atoms with Crippen molar-refractivity contribution in [3.05, 3.63) is 29.8 Å². The van der Waals surface area contributed by atoms with Gasteiger partial charge < -0.3 is 9.47 Å². The predicted molar refractivity (Wildman–Crippen MR) is 87.3 cm³/mol. The maximum Gasteiger partial charge on any atom is 0.139 e. The minimum Gasteiger partial charge on any atom is -0.367 e. The van der Waals surface area contributed by atoms with Gasteiger partial charge >= 0.3 is 0 Å². The van der Waals surface area contributed by atoms with Crippen LogP contribution in [0.1, 0.15) is 40.2 Å². The summed E-state index contributed by atoms with van der Waals surface area (Å²) in [5.74, 6) is -2.52. The van der Waals surface area contributed by atoms with Gasteiger partial charge in [0.1, 0.15) is 21.3 Å². The SMILES string of the molecule is CCOCS(F)(F)(F)(COCC)c1ccccc1C(C)(C)C. The first-order valence-electron chi connectivity index (χ1n) is 7.39. The summed E-state index contributed by atoms with van der Waals surface area (Å²) >= 11 is 0. The van der Waals surface area contributed by atoms with Gasteiger partial charge in [-0.15, -0.1) is 11.7 Å². The highest BCUT2D eigenvalue weighted by Crippen LogP contribution is 2.99. The number of hydrogen-bond acceptors (Lipinski definition) is 2. The summed E-state index contributed by atoms with van der Waals surface area (Å²) in [4.78, 5) is -0.572. The van der Waals surface area contributed by atoms with Gasteiger partial charge in [0.2, 0.25) is 0 Å². The van der Waals surface area contributed by atoms with E-state index in [9.17, 15) is 0 Å². The summed E-state index contributed by atoms with van der Waals surface area (Å²) in [6, 6.07) is 5.79. The van der Waals surface area contributed by atoms with Crippen molar-refractivity contribution in [1.29, 1.82) is 0 Å². The molecule has 0 heterocycles. The Labute approximate surface area is 131 Å². The highest BCUT2D eigenvalue weighted by molar-refractivity contribution is 8.53. The van der Waals surface area contributed by atoms with Gasteiger partial charge in [0, 0.05) is 13.2 Å². The lowest BCUT2D eigenvalue weighted by molar-refractivity contribution is 0.147. The Hall–Kier alpha value is -0.720. The molecule has 130 valence electrons. The van der Waals surface area contributed by atoms with Gasteiger partial charge in [-0.25, -0.2) is 0 Å². The Bertz CT molecular complexity index is 515. The molecule has 0 aliphatic heterocycles. The molecule has 0 bridgehead atoms. The van der Waals surface area contributed by atoms with Crippen LogP contribution in [0.5, 0.6) is 0 Å². The molecular weight excluding hydrogens is 313 g/mol. The van der Waals surface area contributed by atoms with Crippen molar-refractivity contribution in [3.8, 4) is 0 Å². The van der Waals surface area contributed by atoms with Crippen LogP contribution in [-0.4, -0.2) is 25.1 Å². The van der Waals surface area contributed by atoms with Gasteiger partial charge in [0.15, 0.2) is 0 Å². The van der Waals surface area contributed by atoms with Crippen LogP contribution in [0, 0.1) is 0 Å². The third kappa shape index (κ3) is 3.97. The lowest BCUT2D eigenvalue weighted by atomic mass is 9.87. The van der Waals surface area contributed by atoms with Crippen molar-refractivity contribution in [1.82, 2.24) is 0 Å². The van der Waals surface area contributed by atoms with E-state index >= 15 is 11.7 Å². The van der Waals surface area contributed by atoms with E-state index in [0.29, 0.717) is 0 Å². The highest BCUT2D eigenvalue weighted by atomic mass is 32.4. The topological polar surface area (TPSA) is 18.5 Å². The molecule has 0 aliphatic rings. The van der Waals surface area contributed by atoms with Crippen LogP contribution in [-0.2, 0) is 14.9 Å². The molecule has 0 fully saturated rings. The van der Waals surface area contributed by atoms with E-state index in [1.54, 1.807) is 46.8 Å². The van der Waals surface area contributed by atoms with Gasteiger partial charge in [0.05, 0.1) is 4.90 Å². The van der Waals surface area contributed by atoms with E-state index < -0.39 is 31.6 Å². The smallest absolute Gasteiger partial charge is 0.139 e. The summed E-state index contributed by atoms with van der Waals surface area (Å²) in [6.07, 6.45) is 0. The average molecular weight is 340 g/mol. The second kappa shape index (κ2) is 5.73. The fourth-order valence-corrected chi connectivity index (χ4v) is 5.05. The number of hydrogen-bond donors (Lipinski definition) is 0. The molecule has 2 nitrogen and oxygen atoms in total. The molecule has 0 spiro atoms. The zero-order valence-electron chi connectivity index (χ0n) is 14.0. The Morgan fingerprint density at radius 1 is 0.909 bits per heavy atom.